The normalized spacial score (nSPS) is 14.8. The molecule has 0 aromatic heterocycles. The Morgan fingerprint density at radius 3 is 2.21 bits per heavy atom. The van der Waals surface area contributed by atoms with Crippen molar-refractivity contribution in [2.75, 3.05) is 52.2 Å². The van der Waals surface area contributed by atoms with Crippen LogP contribution in [0.25, 0.3) is 0 Å². The van der Waals surface area contributed by atoms with Gasteiger partial charge in [-0.1, -0.05) is 30.3 Å². The summed E-state index contributed by atoms with van der Waals surface area (Å²) < 4.78 is 0. The summed E-state index contributed by atoms with van der Waals surface area (Å²) in [5.74, 6) is 0.938. The highest BCUT2D eigenvalue weighted by Crippen LogP contribution is 2.15. The van der Waals surface area contributed by atoms with Gasteiger partial charge in [0.05, 0.1) is 0 Å². The molecule has 0 unspecified atom stereocenters. The predicted molar refractivity (Wildman–Crippen MR) is 115 cm³/mol. The molecule has 1 fully saturated rings. The molecule has 1 aliphatic heterocycles. The highest BCUT2D eigenvalue weighted by Gasteiger charge is 2.19. The zero-order valence-electron chi connectivity index (χ0n) is 16.9. The van der Waals surface area contributed by atoms with Gasteiger partial charge in [-0.3, -0.25) is 9.79 Å². The second-order valence-electron chi connectivity index (χ2n) is 7.11. The van der Waals surface area contributed by atoms with E-state index in [-0.39, 0.29) is 5.91 Å². The van der Waals surface area contributed by atoms with E-state index in [1.165, 1.54) is 5.69 Å². The maximum absolute atomic E-state index is 12.0. The first-order valence-corrected chi connectivity index (χ1v) is 9.64. The summed E-state index contributed by atoms with van der Waals surface area (Å²) in [6, 6.07) is 18.3. The van der Waals surface area contributed by atoms with E-state index in [1.807, 2.05) is 31.3 Å². The first-order chi connectivity index (χ1) is 13.6. The molecule has 6 heteroatoms. The van der Waals surface area contributed by atoms with Crippen molar-refractivity contribution in [1.82, 2.24) is 15.1 Å². The molecule has 0 saturated carbocycles. The van der Waals surface area contributed by atoms with Gasteiger partial charge in [-0.25, -0.2) is 0 Å². The number of nitrogens with one attached hydrogen (secondary N) is 1. The summed E-state index contributed by atoms with van der Waals surface area (Å²) in [5, 5.41) is 3.44. The molecule has 1 aliphatic rings. The molecule has 6 nitrogen and oxygen atoms in total. The highest BCUT2D eigenvalue weighted by molar-refractivity contribution is 5.93. The average Bonchev–Trinajstić information content (AvgIpc) is 2.75. The number of guanidine groups is 1. The maximum atomic E-state index is 12.0. The van der Waals surface area contributed by atoms with Crippen LogP contribution in [0.4, 0.5) is 5.69 Å². The first-order valence-electron chi connectivity index (χ1n) is 9.64. The fraction of sp³-hybridized carbons (Fsp3) is 0.364. The molecule has 28 heavy (non-hydrogen) atoms. The van der Waals surface area contributed by atoms with Crippen molar-refractivity contribution in [3.63, 3.8) is 0 Å². The van der Waals surface area contributed by atoms with Gasteiger partial charge in [0, 0.05) is 65.1 Å². The van der Waals surface area contributed by atoms with Crippen LogP contribution >= 0.6 is 0 Å². The van der Waals surface area contributed by atoms with E-state index in [2.05, 4.69) is 50.4 Å². The number of anilines is 1. The summed E-state index contributed by atoms with van der Waals surface area (Å²) >= 11 is 0. The topological polar surface area (TPSA) is 51.2 Å². The Labute approximate surface area is 167 Å². The molecule has 0 radical (unpaired) electrons. The number of hydrogen-bond donors (Lipinski definition) is 1. The van der Waals surface area contributed by atoms with Crippen LogP contribution in [0, 0.1) is 0 Å². The predicted octanol–water partition coefficient (Wildman–Crippen LogP) is 2.29. The summed E-state index contributed by atoms with van der Waals surface area (Å²) in [7, 11) is 5.35. The van der Waals surface area contributed by atoms with E-state index < -0.39 is 0 Å². The Kier molecular flexibility index (Phi) is 6.53. The van der Waals surface area contributed by atoms with E-state index in [4.69, 9.17) is 0 Å². The monoisotopic (exact) mass is 379 g/mol. The third-order valence-electron chi connectivity index (χ3n) is 4.97. The molecule has 1 N–H and O–H groups in total. The van der Waals surface area contributed by atoms with E-state index in [0.29, 0.717) is 12.1 Å². The number of nitrogens with zero attached hydrogens (tertiary/aromatic N) is 4. The van der Waals surface area contributed by atoms with Crippen molar-refractivity contribution in [1.29, 1.82) is 0 Å². The van der Waals surface area contributed by atoms with Crippen LogP contribution in [0.15, 0.2) is 59.6 Å². The lowest BCUT2D eigenvalue weighted by molar-refractivity contribution is 0.0827. The van der Waals surface area contributed by atoms with Gasteiger partial charge >= 0.3 is 0 Å². The largest absolute Gasteiger partial charge is 0.368 e. The number of rotatable bonds is 4. The smallest absolute Gasteiger partial charge is 0.253 e. The first kappa shape index (κ1) is 19.7. The Hall–Kier alpha value is -3.02. The van der Waals surface area contributed by atoms with E-state index >= 15 is 0 Å². The molecule has 0 spiro atoms. The lowest BCUT2D eigenvalue weighted by Crippen LogP contribution is -2.52. The fourth-order valence-corrected chi connectivity index (χ4v) is 3.35. The van der Waals surface area contributed by atoms with Gasteiger partial charge < -0.3 is 20.0 Å². The van der Waals surface area contributed by atoms with Crippen LogP contribution in [-0.4, -0.2) is 69.0 Å². The van der Waals surface area contributed by atoms with Crippen molar-refractivity contribution >= 4 is 17.6 Å². The van der Waals surface area contributed by atoms with Gasteiger partial charge in [-0.05, 0) is 29.8 Å². The highest BCUT2D eigenvalue weighted by atomic mass is 16.2. The third kappa shape index (κ3) is 4.82. The number of amides is 1. The number of para-hydroxylation sites is 1. The molecule has 1 heterocycles. The molecular formula is C22H29N5O. The minimum absolute atomic E-state index is 0.0200. The van der Waals surface area contributed by atoms with Crippen LogP contribution in [0.1, 0.15) is 15.9 Å². The third-order valence-corrected chi connectivity index (χ3v) is 4.97. The standard InChI is InChI=1S/C22H29N5O/c1-23-22(24-17-18-9-11-19(12-10-18)21(28)25(2)3)27-15-13-26(14-16-27)20-7-5-4-6-8-20/h4-12H,13-17H2,1-3H3,(H,23,24). The van der Waals surface area contributed by atoms with Gasteiger partial charge in [0.15, 0.2) is 5.96 Å². The second kappa shape index (κ2) is 9.26. The summed E-state index contributed by atoms with van der Waals surface area (Å²) in [6.45, 7) is 4.51. The Balaban J connectivity index is 1.52. The molecule has 2 aromatic rings. The molecular weight excluding hydrogens is 350 g/mol. The van der Waals surface area contributed by atoms with Crippen molar-refractivity contribution < 1.29 is 4.79 Å². The van der Waals surface area contributed by atoms with E-state index in [9.17, 15) is 4.79 Å². The Bertz CT molecular complexity index is 793. The van der Waals surface area contributed by atoms with Crippen molar-refractivity contribution in [2.24, 2.45) is 4.99 Å². The van der Waals surface area contributed by atoms with Crippen LogP contribution in [0.3, 0.4) is 0 Å². The van der Waals surface area contributed by atoms with Gasteiger partial charge in [0.2, 0.25) is 0 Å². The van der Waals surface area contributed by atoms with Gasteiger partial charge in [-0.15, -0.1) is 0 Å². The SMILES string of the molecule is CN=C(NCc1ccc(C(=O)N(C)C)cc1)N1CCN(c2ccccc2)CC1. The van der Waals surface area contributed by atoms with Crippen molar-refractivity contribution in [2.45, 2.75) is 6.54 Å². The molecule has 0 bridgehead atoms. The van der Waals surface area contributed by atoms with Crippen LogP contribution < -0.4 is 10.2 Å². The summed E-state index contributed by atoms with van der Waals surface area (Å²) in [4.78, 5) is 22.7. The fourth-order valence-electron chi connectivity index (χ4n) is 3.35. The second-order valence-corrected chi connectivity index (χ2v) is 7.11. The number of piperazine rings is 1. The van der Waals surface area contributed by atoms with Gasteiger partial charge in [0.25, 0.3) is 5.91 Å². The average molecular weight is 380 g/mol. The number of aliphatic imine (C=N–C) groups is 1. The van der Waals surface area contributed by atoms with Crippen molar-refractivity contribution in [3.05, 3.63) is 65.7 Å². The molecule has 2 aromatic carbocycles. The van der Waals surface area contributed by atoms with E-state index in [1.54, 1.807) is 19.0 Å². The number of carbonyl (C=O) groups is 1. The van der Waals surface area contributed by atoms with Crippen LogP contribution in [0.5, 0.6) is 0 Å². The van der Waals surface area contributed by atoms with Crippen molar-refractivity contribution in [3.8, 4) is 0 Å². The molecule has 1 amide bonds. The van der Waals surface area contributed by atoms with Gasteiger partial charge in [-0.2, -0.15) is 0 Å². The molecule has 3 rings (SSSR count). The molecule has 1 saturated heterocycles. The summed E-state index contributed by atoms with van der Waals surface area (Å²) in [6.07, 6.45) is 0. The van der Waals surface area contributed by atoms with Crippen LogP contribution in [-0.2, 0) is 6.54 Å². The molecule has 0 aliphatic carbocycles. The number of carbonyl (C=O) groups excluding carboxylic acids is 1. The minimum Gasteiger partial charge on any atom is -0.368 e. The van der Waals surface area contributed by atoms with E-state index in [0.717, 1.165) is 37.7 Å². The molecule has 148 valence electrons. The minimum atomic E-state index is 0.0200. The number of hydrogen-bond acceptors (Lipinski definition) is 3. The zero-order valence-corrected chi connectivity index (χ0v) is 16.9. The quantitative estimate of drug-likeness (QED) is 0.654. The summed E-state index contributed by atoms with van der Waals surface area (Å²) in [5.41, 5.74) is 3.10. The lowest BCUT2D eigenvalue weighted by Gasteiger charge is -2.37. The maximum Gasteiger partial charge on any atom is 0.253 e. The van der Waals surface area contributed by atoms with Crippen LogP contribution in [0.2, 0.25) is 0 Å². The molecule has 0 atom stereocenters. The number of benzene rings is 2. The van der Waals surface area contributed by atoms with Gasteiger partial charge in [0.1, 0.15) is 0 Å². The Morgan fingerprint density at radius 2 is 1.64 bits per heavy atom. The Morgan fingerprint density at radius 1 is 1.00 bits per heavy atom. The lowest BCUT2D eigenvalue weighted by atomic mass is 10.1. The zero-order chi connectivity index (χ0) is 19.9.